The molecule has 2 unspecified atom stereocenters. The zero-order valence-corrected chi connectivity index (χ0v) is 22.6. The van der Waals surface area contributed by atoms with Gasteiger partial charge in [0.15, 0.2) is 5.89 Å². The molecule has 3 aliphatic heterocycles. The van der Waals surface area contributed by atoms with Crippen LogP contribution in [0.2, 0.25) is 0 Å². The number of carbonyl (C=O) groups excluding carboxylic acids is 2. The van der Waals surface area contributed by atoms with Crippen molar-refractivity contribution in [3.05, 3.63) is 23.9 Å². The third-order valence-electron chi connectivity index (χ3n) is 9.20. The molecule has 210 valence electrons. The second-order valence-corrected chi connectivity index (χ2v) is 12.1. The minimum Gasteiger partial charge on any atom is -0.458 e. The van der Waals surface area contributed by atoms with Crippen LogP contribution in [0.5, 0.6) is 0 Å². The second kappa shape index (κ2) is 10.8. The van der Waals surface area contributed by atoms with Crippen molar-refractivity contribution in [3.63, 3.8) is 0 Å². The van der Waals surface area contributed by atoms with Gasteiger partial charge in [-0.1, -0.05) is 19.8 Å². The SMILES string of the molecule is Cc1nc(C=C[C@@H]2C[C@@H]3OC3(C)CCC[C@H](C)[C@@H](O)[C@@H](CC3CO3)C(=O)C3(CCC3)[C@@H](O)CC(=O)O2)co1. The first kappa shape index (κ1) is 27.5. The summed E-state index contributed by atoms with van der Waals surface area (Å²) in [5, 5.41) is 22.6. The number of fused-ring (bicyclic) bond motifs is 1. The van der Waals surface area contributed by atoms with Gasteiger partial charge in [-0.25, -0.2) is 4.98 Å². The lowest BCUT2D eigenvalue weighted by Gasteiger charge is -2.46. The van der Waals surface area contributed by atoms with Crippen molar-refractivity contribution in [2.24, 2.45) is 17.3 Å². The first-order valence-electron chi connectivity index (χ1n) is 14.1. The van der Waals surface area contributed by atoms with E-state index in [0.29, 0.717) is 43.9 Å². The number of ketones is 1. The van der Waals surface area contributed by atoms with Crippen molar-refractivity contribution < 1.29 is 38.4 Å². The molecule has 1 aromatic rings. The number of esters is 1. The average Bonchev–Trinajstić information content (AvgIpc) is 3.72. The number of cyclic esters (lactones) is 1. The summed E-state index contributed by atoms with van der Waals surface area (Å²) in [4.78, 5) is 31.3. The van der Waals surface area contributed by atoms with E-state index < -0.39 is 35.6 Å². The highest BCUT2D eigenvalue weighted by Crippen LogP contribution is 2.50. The fraction of sp³-hybridized carbons (Fsp3) is 0.759. The van der Waals surface area contributed by atoms with E-state index in [9.17, 15) is 19.8 Å². The number of Topliss-reactive ketones (excluding diaryl/α,β-unsaturated/α-hetero) is 1. The number of nitrogens with zero attached hydrogens (tertiary/aromatic N) is 1. The van der Waals surface area contributed by atoms with E-state index in [1.165, 1.54) is 6.26 Å². The Kier molecular flexibility index (Phi) is 7.84. The molecule has 9 nitrogen and oxygen atoms in total. The Morgan fingerprint density at radius 2 is 1.95 bits per heavy atom. The van der Waals surface area contributed by atoms with Crippen LogP contribution >= 0.6 is 0 Å². The van der Waals surface area contributed by atoms with E-state index in [1.807, 2.05) is 6.92 Å². The molecule has 3 saturated heterocycles. The number of rotatable bonds is 4. The maximum absolute atomic E-state index is 13.9. The molecular weight excluding hydrogens is 490 g/mol. The Morgan fingerprint density at radius 1 is 1.18 bits per heavy atom. The molecule has 4 fully saturated rings. The van der Waals surface area contributed by atoms with Gasteiger partial charge in [0.25, 0.3) is 0 Å². The van der Waals surface area contributed by atoms with Gasteiger partial charge in [0.2, 0.25) is 0 Å². The molecule has 0 aromatic carbocycles. The van der Waals surface area contributed by atoms with Gasteiger partial charge in [-0.3, -0.25) is 9.59 Å². The van der Waals surface area contributed by atoms with Gasteiger partial charge >= 0.3 is 5.97 Å². The Morgan fingerprint density at radius 3 is 2.58 bits per heavy atom. The lowest BCUT2D eigenvalue weighted by molar-refractivity contribution is -0.162. The standard InChI is InChI=1S/C29H41NO8/c1-17-6-4-9-28(3)24(38-28)13-20(8-7-19-15-35-18(2)30-19)37-25(32)14-23(31)29(10-5-11-29)27(34)22(26(17)33)12-21-16-36-21/h7-8,15,17,20-24,26,31,33H,4-6,9-14,16H2,1-3H3/t17-,20+,21?,22+,23-,24-,26+,28?/m0/s1. The number of aliphatic hydroxyl groups excluding tert-OH is 2. The van der Waals surface area contributed by atoms with Crippen LogP contribution in [0.25, 0.3) is 6.08 Å². The summed E-state index contributed by atoms with van der Waals surface area (Å²) < 4.78 is 22.6. The molecule has 0 radical (unpaired) electrons. The molecule has 1 saturated carbocycles. The molecule has 9 heteroatoms. The normalized spacial score (nSPS) is 40.0. The monoisotopic (exact) mass is 531 g/mol. The zero-order valence-electron chi connectivity index (χ0n) is 22.6. The van der Waals surface area contributed by atoms with Crippen molar-refractivity contribution in [2.75, 3.05) is 6.61 Å². The number of aryl methyl sites for hydroxylation is 1. The van der Waals surface area contributed by atoms with Crippen LogP contribution in [0.15, 0.2) is 16.8 Å². The number of hydrogen-bond acceptors (Lipinski definition) is 9. The lowest BCUT2D eigenvalue weighted by atomic mass is 9.58. The van der Waals surface area contributed by atoms with E-state index in [-0.39, 0.29) is 35.9 Å². The van der Waals surface area contributed by atoms with Crippen LogP contribution in [0.3, 0.4) is 0 Å². The van der Waals surface area contributed by atoms with Crippen molar-refractivity contribution in [2.45, 2.75) is 115 Å². The van der Waals surface area contributed by atoms with E-state index >= 15 is 0 Å². The van der Waals surface area contributed by atoms with Crippen LogP contribution in [0.1, 0.15) is 83.2 Å². The van der Waals surface area contributed by atoms with E-state index in [2.05, 4.69) is 11.9 Å². The van der Waals surface area contributed by atoms with Gasteiger partial charge in [-0.2, -0.15) is 0 Å². The summed E-state index contributed by atoms with van der Waals surface area (Å²) in [5.74, 6) is -0.868. The number of oxazole rings is 1. The lowest BCUT2D eigenvalue weighted by Crippen LogP contribution is -2.54. The predicted octanol–water partition coefficient (Wildman–Crippen LogP) is 3.53. The Hall–Kier alpha value is -2.07. The molecule has 1 aromatic heterocycles. The summed E-state index contributed by atoms with van der Waals surface area (Å²) in [6.45, 7) is 6.40. The highest BCUT2D eigenvalue weighted by atomic mass is 16.6. The minimum atomic E-state index is -1.17. The van der Waals surface area contributed by atoms with Crippen LogP contribution in [-0.4, -0.2) is 69.7 Å². The molecule has 0 amide bonds. The van der Waals surface area contributed by atoms with Crippen LogP contribution in [0, 0.1) is 24.2 Å². The molecule has 1 aliphatic carbocycles. The zero-order chi connectivity index (χ0) is 27.1. The predicted molar refractivity (Wildman–Crippen MR) is 137 cm³/mol. The average molecular weight is 532 g/mol. The van der Waals surface area contributed by atoms with Crippen molar-refractivity contribution in [3.8, 4) is 0 Å². The summed E-state index contributed by atoms with van der Waals surface area (Å²) in [6.07, 6.45) is 7.30. The van der Waals surface area contributed by atoms with E-state index in [1.54, 1.807) is 19.1 Å². The topological polar surface area (TPSA) is 135 Å². The third kappa shape index (κ3) is 5.91. The van der Waals surface area contributed by atoms with Gasteiger partial charge in [0.05, 0.1) is 48.5 Å². The van der Waals surface area contributed by atoms with Crippen LogP contribution < -0.4 is 0 Å². The summed E-state index contributed by atoms with van der Waals surface area (Å²) in [5.41, 5.74) is -0.725. The fourth-order valence-corrected chi connectivity index (χ4v) is 6.32. The number of aliphatic hydroxyl groups is 2. The molecule has 4 aliphatic rings. The third-order valence-corrected chi connectivity index (χ3v) is 9.20. The highest BCUT2D eigenvalue weighted by Gasteiger charge is 2.55. The molecule has 38 heavy (non-hydrogen) atoms. The maximum Gasteiger partial charge on any atom is 0.309 e. The molecule has 0 bridgehead atoms. The van der Waals surface area contributed by atoms with E-state index in [4.69, 9.17) is 18.6 Å². The molecule has 1 spiro atoms. The molecule has 5 rings (SSSR count). The Labute approximate surface area is 223 Å². The maximum atomic E-state index is 13.9. The minimum absolute atomic E-state index is 0.0313. The van der Waals surface area contributed by atoms with Crippen molar-refractivity contribution >= 4 is 17.8 Å². The fourth-order valence-electron chi connectivity index (χ4n) is 6.32. The Balaban J connectivity index is 1.37. The number of aromatic nitrogens is 1. The first-order valence-corrected chi connectivity index (χ1v) is 14.1. The smallest absolute Gasteiger partial charge is 0.309 e. The quantitative estimate of drug-likeness (QED) is 0.442. The van der Waals surface area contributed by atoms with Gasteiger partial charge < -0.3 is 28.8 Å². The summed E-state index contributed by atoms with van der Waals surface area (Å²) in [7, 11) is 0. The second-order valence-electron chi connectivity index (χ2n) is 12.1. The Bertz CT molecular complexity index is 1040. The highest BCUT2D eigenvalue weighted by molar-refractivity contribution is 5.89. The molecule has 4 heterocycles. The largest absolute Gasteiger partial charge is 0.458 e. The first-order chi connectivity index (χ1) is 18.1. The molecule has 2 N–H and O–H groups in total. The van der Waals surface area contributed by atoms with Gasteiger partial charge in [-0.15, -0.1) is 0 Å². The van der Waals surface area contributed by atoms with Crippen molar-refractivity contribution in [1.82, 2.24) is 4.98 Å². The number of hydrogen-bond donors (Lipinski definition) is 2. The van der Waals surface area contributed by atoms with Gasteiger partial charge in [0.1, 0.15) is 23.8 Å². The van der Waals surface area contributed by atoms with Gasteiger partial charge in [0, 0.05) is 19.3 Å². The van der Waals surface area contributed by atoms with Crippen LogP contribution in [-0.2, 0) is 23.8 Å². The number of ether oxygens (including phenoxy) is 3. The van der Waals surface area contributed by atoms with E-state index in [0.717, 1.165) is 25.7 Å². The van der Waals surface area contributed by atoms with Crippen molar-refractivity contribution in [1.29, 1.82) is 0 Å². The van der Waals surface area contributed by atoms with Gasteiger partial charge in [-0.05, 0) is 57.1 Å². The molecule has 8 atom stereocenters. The van der Waals surface area contributed by atoms with Crippen LogP contribution in [0.4, 0.5) is 0 Å². The summed E-state index contributed by atoms with van der Waals surface area (Å²) >= 11 is 0. The summed E-state index contributed by atoms with van der Waals surface area (Å²) in [6, 6.07) is 0. The molecular formula is C29H41NO8. The number of epoxide rings is 2. The number of carbonyl (C=O) groups is 2.